The lowest BCUT2D eigenvalue weighted by Gasteiger charge is -2.13. The zero-order valence-electron chi connectivity index (χ0n) is 9.40. The Bertz CT molecular complexity index is 311. The summed E-state index contributed by atoms with van der Waals surface area (Å²) in [5, 5.41) is 7.72. The Labute approximate surface area is 90.3 Å². The van der Waals surface area contributed by atoms with Crippen LogP contribution in [-0.4, -0.2) is 25.2 Å². The molecule has 0 unspecified atom stereocenters. The molecule has 3 N–H and O–H groups in total. The van der Waals surface area contributed by atoms with E-state index in [9.17, 15) is 4.79 Å². The van der Waals surface area contributed by atoms with Crippen LogP contribution in [0.4, 0.5) is 11.4 Å². The number of benzene rings is 1. The molecular formula is C11H18N2O2. The molecule has 0 amide bonds. The van der Waals surface area contributed by atoms with Crippen LogP contribution in [0.25, 0.3) is 0 Å². The van der Waals surface area contributed by atoms with Crippen molar-refractivity contribution in [2.75, 3.05) is 24.7 Å². The summed E-state index contributed by atoms with van der Waals surface area (Å²) in [7, 11) is 3.96. The van der Waals surface area contributed by atoms with E-state index in [0.29, 0.717) is 0 Å². The van der Waals surface area contributed by atoms with Gasteiger partial charge in [-0.15, -0.1) is 0 Å². The van der Waals surface area contributed by atoms with Crippen LogP contribution >= 0.6 is 0 Å². The number of hydrogen-bond donors (Lipinski definition) is 2. The summed E-state index contributed by atoms with van der Waals surface area (Å²) in [5.41, 5.74) is 7.58. The van der Waals surface area contributed by atoms with E-state index >= 15 is 0 Å². The Balaban J connectivity index is 0.000000336. The van der Waals surface area contributed by atoms with Crippen molar-refractivity contribution >= 4 is 17.3 Å². The monoisotopic (exact) mass is 210 g/mol. The van der Waals surface area contributed by atoms with Crippen molar-refractivity contribution in [1.29, 1.82) is 0 Å². The van der Waals surface area contributed by atoms with Gasteiger partial charge in [-0.05, 0) is 12.1 Å². The lowest BCUT2D eigenvalue weighted by Crippen LogP contribution is -2.10. The maximum absolute atomic E-state index is 9.37. The Morgan fingerprint density at radius 2 is 1.87 bits per heavy atom. The summed E-state index contributed by atoms with van der Waals surface area (Å²) < 4.78 is 0. The van der Waals surface area contributed by atoms with Gasteiger partial charge in [0.2, 0.25) is 0 Å². The van der Waals surface area contributed by atoms with Crippen LogP contribution in [0.3, 0.4) is 0 Å². The van der Waals surface area contributed by atoms with Gasteiger partial charge in [-0.25, -0.2) is 0 Å². The minimum atomic E-state index is -0.745. The third-order valence-electron chi connectivity index (χ3n) is 1.72. The minimum Gasteiger partial charge on any atom is -0.481 e. The first kappa shape index (κ1) is 13.3. The first-order valence-electron chi connectivity index (χ1n) is 4.72. The average molecular weight is 210 g/mol. The molecule has 4 nitrogen and oxygen atoms in total. The van der Waals surface area contributed by atoms with Crippen molar-refractivity contribution in [1.82, 2.24) is 0 Å². The molecule has 1 aromatic carbocycles. The van der Waals surface area contributed by atoms with E-state index in [1.807, 2.05) is 43.3 Å². The second kappa shape index (κ2) is 6.70. The maximum Gasteiger partial charge on any atom is 0.303 e. The van der Waals surface area contributed by atoms with Crippen LogP contribution in [0.2, 0.25) is 0 Å². The molecule has 0 aliphatic heterocycles. The fourth-order valence-electron chi connectivity index (χ4n) is 0.895. The minimum absolute atomic E-state index is 0.222. The Hall–Kier alpha value is -1.71. The van der Waals surface area contributed by atoms with Gasteiger partial charge >= 0.3 is 5.97 Å². The molecule has 0 heterocycles. The van der Waals surface area contributed by atoms with Crippen LogP contribution in [0.1, 0.15) is 13.3 Å². The summed E-state index contributed by atoms with van der Waals surface area (Å²) >= 11 is 0. The molecule has 0 radical (unpaired) electrons. The molecule has 0 aromatic heterocycles. The largest absolute Gasteiger partial charge is 0.481 e. The van der Waals surface area contributed by atoms with Gasteiger partial charge in [0.15, 0.2) is 0 Å². The third kappa shape index (κ3) is 5.57. The van der Waals surface area contributed by atoms with E-state index in [0.717, 1.165) is 11.4 Å². The van der Waals surface area contributed by atoms with Crippen LogP contribution in [0.5, 0.6) is 0 Å². The second-order valence-electron chi connectivity index (χ2n) is 3.20. The van der Waals surface area contributed by atoms with Crippen molar-refractivity contribution < 1.29 is 9.90 Å². The van der Waals surface area contributed by atoms with Crippen molar-refractivity contribution in [2.24, 2.45) is 0 Å². The first-order valence-corrected chi connectivity index (χ1v) is 4.72. The molecule has 15 heavy (non-hydrogen) atoms. The number of aliphatic carboxylic acids is 1. The standard InChI is InChI=1S/C8H12N2.C3H6O2/c1-10(2)8-6-4-3-5-7(8)9;1-2-3(4)5/h3-6H,9H2,1-2H3;2H2,1H3,(H,4,5). The fourth-order valence-corrected chi connectivity index (χ4v) is 0.895. The smallest absolute Gasteiger partial charge is 0.303 e. The highest BCUT2D eigenvalue weighted by atomic mass is 16.4. The summed E-state index contributed by atoms with van der Waals surface area (Å²) in [6, 6.07) is 7.80. The Morgan fingerprint density at radius 3 is 2.13 bits per heavy atom. The van der Waals surface area contributed by atoms with E-state index < -0.39 is 5.97 Å². The quantitative estimate of drug-likeness (QED) is 0.731. The summed E-state index contributed by atoms with van der Waals surface area (Å²) in [6.45, 7) is 1.60. The number of carboxylic acids is 1. The van der Waals surface area contributed by atoms with Gasteiger partial charge in [0.1, 0.15) is 0 Å². The topological polar surface area (TPSA) is 66.6 Å². The number of hydrogen-bond acceptors (Lipinski definition) is 3. The lowest BCUT2D eigenvalue weighted by molar-refractivity contribution is -0.136. The molecule has 84 valence electrons. The fraction of sp³-hybridized carbons (Fsp3) is 0.364. The number of carbonyl (C=O) groups is 1. The first-order chi connectivity index (χ1) is 6.99. The van der Waals surface area contributed by atoms with Crippen molar-refractivity contribution in [3.05, 3.63) is 24.3 Å². The van der Waals surface area contributed by atoms with Crippen molar-refractivity contribution in [3.8, 4) is 0 Å². The predicted molar refractivity (Wildman–Crippen MR) is 63.1 cm³/mol. The van der Waals surface area contributed by atoms with Gasteiger partial charge < -0.3 is 15.7 Å². The number of carboxylic acid groups (broad SMARTS) is 1. The summed E-state index contributed by atoms with van der Waals surface area (Å²) in [4.78, 5) is 11.4. The van der Waals surface area contributed by atoms with Gasteiger partial charge in [-0.3, -0.25) is 4.79 Å². The van der Waals surface area contributed by atoms with Gasteiger partial charge in [-0.2, -0.15) is 0 Å². The highest BCUT2D eigenvalue weighted by molar-refractivity contribution is 5.66. The molecule has 0 spiro atoms. The molecule has 0 saturated carbocycles. The zero-order chi connectivity index (χ0) is 11.8. The molecule has 0 aliphatic carbocycles. The van der Waals surface area contributed by atoms with Gasteiger partial charge in [0.05, 0.1) is 11.4 Å². The van der Waals surface area contributed by atoms with Gasteiger partial charge in [0, 0.05) is 20.5 Å². The zero-order valence-corrected chi connectivity index (χ0v) is 9.40. The highest BCUT2D eigenvalue weighted by Gasteiger charge is 1.96. The normalized spacial score (nSPS) is 8.73. The number of nitrogen functional groups attached to an aromatic ring is 1. The lowest BCUT2D eigenvalue weighted by atomic mass is 10.2. The molecule has 0 aliphatic rings. The maximum atomic E-state index is 9.37. The number of rotatable bonds is 2. The summed E-state index contributed by atoms with van der Waals surface area (Å²) in [5.74, 6) is -0.745. The van der Waals surface area contributed by atoms with E-state index in [1.54, 1.807) is 6.92 Å². The van der Waals surface area contributed by atoms with E-state index in [4.69, 9.17) is 10.8 Å². The van der Waals surface area contributed by atoms with E-state index in [1.165, 1.54) is 0 Å². The SMILES string of the molecule is CCC(=O)O.CN(C)c1ccccc1N. The van der Waals surface area contributed by atoms with Crippen LogP contribution in [0, 0.1) is 0 Å². The van der Waals surface area contributed by atoms with E-state index in [-0.39, 0.29) is 6.42 Å². The number of para-hydroxylation sites is 2. The van der Waals surface area contributed by atoms with Gasteiger partial charge in [0.25, 0.3) is 0 Å². The molecule has 0 atom stereocenters. The second-order valence-corrected chi connectivity index (χ2v) is 3.20. The Morgan fingerprint density at radius 1 is 1.40 bits per heavy atom. The molecule has 4 heteroatoms. The van der Waals surface area contributed by atoms with Gasteiger partial charge in [-0.1, -0.05) is 19.1 Å². The number of nitrogens with zero attached hydrogens (tertiary/aromatic N) is 1. The molecule has 1 rings (SSSR count). The number of nitrogens with two attached hydrogens (primary N) is 1. The Kier molecular flexibility index (Phi) is 5.94. The van der Waals surface area contributed by atoms with Crippen LogP contribution in [0.15, 0.2) is 24.3 Å². The van der Waals surface area contributed by atoms with Crippen molar-refractivity contribution in [2.45, 2.75) is 13.3 Å². The van der Waals surface area contributed by atoms with Crippen LogP contribution < -0.4 is 10.6 Å². The number of anilines is 2. The highest BCUT2D eigenvalue weighted by Crippen LogP contribution is 2.18. The van der Waals surface area contributed by atoms with Crippen molar-refractivity contribution in [3.63, 3.8) is 0 Å². The average Bonchev–Trinajstić information content (AvgIpc) is 2.19. The predicted octanol–water partition coefficient (Wildman–Crippen LogP) is 1.82. The van der Waals surface area contributed by atoms with E-state index in [2.05, 4.69) is 0 Å². The molecular weight excluding hydrogens is 192 g/mol. The molecule has 0 fully saturated rings. The molecule has 0 saturated heterocycles. The molecule has 0 bridgehead atoms. The summed E-state index contributed by atoms with van der Waals surface area (Å²) in [6.07, 6.45) is 0.222. The molecule has 1 aromatic rings. The van der Waals surface area contributed by atoms with Crippen LogP contribution in [-0.2, 0) is 4.79 Å². The third-order valence-corrected chi connectivity index (χ3v) is 1.72.